The van der Waals surface area contributed by atoms with E-state index >= 15 is 0 Å². The zero-order valence-corrected chi connectivity index (χ0v) is 12.9. The van der Waals surface area contributed by atoms with Crippen molar-refractivity contribution in [3.63, 3.8) is 0 Å². The Morgan fingerprint density at radius 1 is 1.12 bits per heavy atom. The minimum absolute atomic E-state index is 0.102. The molecule has 0 aromatic heterocycles. The standard InChI is InChI=1S/C16H13N3O6/c20-15(18-11-4-5-13-14(7-11)25-9-24-13)8-17-16(21)10-2-1-3-12(6-10)19(22)23/h1-7H,8-9H2,(H,17,21)(H,18,20). The van der Waals surface area contributed by atoms with Crippen LogP contribution in [-0.2, 0) is 4.79 Å². The van der Waals surface area contributed by atoms with Crippen molar-refractivity contribution in [2.24, 2.45) is 0 Å². The number of hydrogen-bond acceptors (Lipinski definition) is 6. The summed E-state index contributed by atoms with van der Waals surface area (Å²) >= 11 is 0. The first kappa shape index (κ1) is 16.2. The number of carbonyl (C=O) groups excluding carboxylic acids is 2. The average Bonchev–Trinajstić information content (AvgIpc) is 3.07. The first-order chi connectivity index (χ1) is 12.0. The molecule has 0 saturated carbocycles. The van der Waals surface area contributed by atoms with E-state index < -0.39 is 16.7 Å². The highest BCUT2D eigenvalue weighted by Gasteiger charge is 2.15. The topological polar surface area (TPSA) is 120 Å². The Bertz CT molecular complexity index is 852. The maximum atomic E-state index is 12.0. The lowest BCUT2D eigenvalue weighted by Gasteiger charge is -2.07. The van der Waals surface area contributed by atoms with Crippen molar-refractivity contribution in [2.75, 3.05) is 18.7 Å². The molecule has 0 radical (unpaired) electrons. The molecule has 0 saturated heterocycles. The van der Waals surface area contributed by atoms with Gasteiger partial charge in [0.25, 0.3) is 11.6 Å². The number of nitro benzene ring substituents is 1. The van der Waals surface area contributed by atoms with Gasteiger partial charge < -0.3 is 20.1 Å². The lowest BCUT2D eigenvalue weighted by Crippen LogP contribution is -2.32. The van der Waals surface area contributed by atoms with Crippen LogP contribution < -0.4 is 20.1 Å². The van der Waals surface area contributed by atoms with E-state index in [1.807, 2.05) is 0 Å². The molecule has 128 valence electrons. The fourth-order valence-electron chi connectivity index (χ4n) is 2.20. The third-order valence-corrected chi connectivity index (χ3v) is 3.38. The molecule has 2 N–H and O–H groups in total. The van der Waals surface area contributed by atoms with Gasteiger partial charge in [-0.05, 0) is 18.2 Å². The van der Waals surface area contributed by atoms with Crippen LogP contribution in [0.3, 0.4) is 0 Å². The molecular formula is C16H13N3O6. The fourth-order valence-corrected chi connectivity index (χ4v) is 2.20. The molecule has 25 heavy (non-hydrogen) atoms. The molecule has 9 heteroatoms. The van der Waals surface area contributed by atoms with Gasteiger partial charge in [0.05, 0.1) is 11.5 Å². The van der Waals surface area contributed by atoms with E-state index in [2.05, 4.69) is 10.6 Å². The van der Waals surface area contributed by atoms with Crippen molar-refractivity contribution in [3.05, 3.63) is 58.1 Å². The number of carbonyl (C=O) groups is 2. The normalized spacial score (nSPS) is 11.7. The molecule has 1 aliphatic rings. The average molecular weight is 343 g/mol. The Labute approximate surface area is 141 Å². The summed E-state index contributed by atoms with van der Waals surface area (Å²) < 4.78 is 10.4. The zero-order chi connectivity index (χ0) is 17.8. The van der Waals surface area contributed by atoms with Crippen LogP contribution in [-0.4, -0.2) is 30.1 Å². The molecule has 0 fully saturated rings. The van der Waals surface area contributed by atoms with Crippen LogP contribution in [0, 0.1) is 10.1 Å². The molecule has 0 spiro atoms. The van der Waals surface area contributed by atoms with Crippen LogP contribution in [0.5, 0.6) is 11.5 Å². The number of rotatable bonds is 5. The van der Waals surface area contributed by atoms with E-state index in [0.717, 1.165) is 6.07 Å². The van der Waals surface area contributed by atoms with Gasteiger partial charge in [-0.2, -0.15) is 0 Å². The molecule has 1 aliphatic heterocycles. The number of amides is 2. The van der Waals surface area contributed by atoms with E-state index in [9.17, 15) is 19.7 Å². The molecule has 0 atom stereocenters. The number of fused-ring (bicyclic) bond motifs is 1. The number of ether oxygens (including phenoxy) is 2. The third-order valence-electron chi connectivity index (χ3n) is 3.38. The molecular weight excluding hydrogens is 330 g/mol. The van der Waals surface area contributed by atoms with Gasteiger partial charge in [-0.1, -0.05) is 6.07 Å². The first-order valence-corrected chi connectivity index (χ1v) is 7.25. The van der Waals surface area contributed by atoms with E-state index in [1.165, 1.54) is 18.2 Å². The summed E-state index contributed by atoms with van der Waals surface area (Å²) in [4.78, 5) is 34.0. The Morgan fingerprint density at radius 3 is 2.72 bits per heavy atom. The molecule has 2 amide bonds. The van der Waals surface area contributed by atoms with Gasteiger partial charge in [-0.3, -0.25) is 19.7 Å². The number of nitrogens with zero attached hydrogens (tertiary/aromatic N) is 1. The number of benzene rings is 2. The summed E-state index contributed by atoms with van der Waals surface area (Å²) in [5.74, 6) is 0.0950. The smallest absolute Gasteiger partial charge is 0.270 e. The van der Waals surface area contributed by atoms with Crippen LogP contribution >= 0.6 is 0 Å². The zero-order valence-electron chi connectivity index (χ0n) is 12.9. The van der Waals surface area contributed by atoms with E-state index in [1.54, 1.807) is 18.2 Å². The summed E-state index contributed by atoms with van der Waals surface area (Å²) in [5, 5.41) is 15.7. The highest BCUT2D eigenvalue weighted by molar-refractivity contribution is 5.99. The van der Waals surface area contributed by atoms with Crippen LogP contribution in [0.25, 0.3) is 0 Å². The summed E-state index contributed by atoms with van der Waals surface area (Å²) in [6, 6.07) is 10.2. The number of anilines is 1. The Morgan fingerprint density at radius 2 is 1.92 bits per heavy atom. The van der Waals surface area contributed by atoms with Gasteiger partial charge in [0.2, 0.25) is 12.7 Å². The highest BCUT2D eigenvalue weighted by atomic mass is 16.7. The third kappa shape index (κ3) is 3.83. The molecule has 2 aromatic carbocycles. The minimum Gasteiger partial charge on any atom is -0.454 e. The molecule has 1 heterocycles. The summed E-state index contributed by atoms with van der Waals surface area (Å²) in [7, 11) is 0. The number of nitro groups is 1. The lowest BCUT2D eigenvalue weighted by molar-refractivity contribution is -0.384. The molecule has 0 aliphatic carbocycles. The Balaban J connectivity index is 1.56. The van der Waals surface area contributed by atoms with Crippen molar-refractivity contribution < 1.29 is 24.0 Å². The Hall–Kier alpha value is -3.62. The largest absolute Gasteiger partial charge is 0.454 e. The lowest BCUT2D eigenvalue weighted by atomic mass is 10.2. The second-order valence-corrected chi connectivity index (χ2v) is 5.11. The van der Waals surface area contributed by atoms with Crippen LogP contribution in [0.1, 0.15) is 10.4 Å². The van der Waals surface area contributed by atoms with Gasteiger partial charge in [-0.25, -0.2) is 0 Å². The number of nitrogens with one attached hydrogen (secondary N) is 2. The van der Waals surface area contributed by atoms with Crippen molar-refractivity contribution in [1.82, 2.24) is 5.32 Å². The maximum absolute atomic E-state index is 12.0. The second-order valence-electron chi connectivity index (χ2n) is 5.11. The van der Waals surface area contributed by atoms with E-state index in [-0.39, 0.29) is 24.6 Å². The number of hydrogen-bond donors (Lipinski definition) is 2. The van der Waals surface area contributed by atoms with Crippen molar-refractivity contribution in [3.8, 4) is 11.5 Å². The molecule has 2 aromatic rings. The van der Waals surface area contributed by atoms with Gasteiger partial charge in [-0.15, -0.1) is 0 Å². The first-order valence-electron chi connectivity index (χ1n) is 7.25. The second kappa shape index (κ2) is 6.87. The van der Waals surface area contributed by atoms with Gasteiger partial charge in [0, 0.05) is 29.4 Å². The predicted octanol–water partition coefficient (Wildman–Crippen LogP) is 1.69. The molecule has 9 nitrogen and oxygen atoms in total. The summed E-state index contributed by atoms with van der Waals surface area (Å²) in [5.41, 5.74) is 0.404. The number of non-ortho nitro benzene ring substituents is 1. The predicted molar refractivity (Wildman–Crippen MR) is 86.6 cm³/mol. The minimum atomic E-state index is -0.594. The fraction of sp³-hybridized carbons (Fsp3) is 0.125. The van der Waals surface area contributed by atoms with Crippen molar-refractivity contribution in [2.45, 2.75) is 0 Å². The van der Waals surface area contributed by atoms with Crippen molar-refractivity contribution in [1.29, 1.82) is 0 Å². The SMILES string of the molecule is O=C(CNC(=O)c1cccc([N+](=O)[O-])c1)Nc1ccc2c(c1)OCO2. The molecule has 0 unspecified atom stereocenters. The van der Waals surface area contributed by atoms with E-state index in [0.29, 0.717) is 17.2 Å². The molecule has 0 bridgehead atoms. The molecule has 3 rings (SSSR count). The van der Waals surface area contributed by atoms with Crippen LogP contribution in [0.4, 0.5) is 11.4 Å². The summed E-state index contributed by atoms with van der Waals surface area (Å²) in [6.07, 6.45) is 0. The Kier molecular flexibility index (Phi) is 4.46. The van der Waals surface area contributed by atoms with Crippen LogP contribution in [0.15, 0.2) is 42.5 Å². The highest BCUT2D eigenvalue weighted by Crippen LogP contribution is 2.34. The van der Waals surface area contributed by atoms with Crippen LogP contribution in [0.2, 0.25) is 0 Å². The van der Waals surface area contributed by atoms with Crippen molar-refractivity contribution >= 4 is 23.2 Å². The van der Waals surface area contributed by atoms with Gasteiger partial charge >= 0.3 is 0 Å². The van der Waals surface area contributed by atoms with Gasteiger partial charge in [0.15, 0.2) is 11.5 Å². The van der Waals surface area contributed by atoms with Gasteiger partial charge in [0.1, 0.15) is 0 Å². The summed E-state index contributed by atoms with van der Waals surface area (Å²) in [6.45, 7) is -0.151. The quantitative estimate of drug-likeness (QED) is 0.630. The van der Waals surface area contributed by atoms with E-state index in [4.69, 9.17) is 9.47 Å². The monoisotopic (exact) mass is 343 g/mol. The maximum Gasteiger partial charge on any atom is 0.270 e.